The zero-order valence-electron chi connectivity index (χ0n) is 10.9. The molecule has 18 heavy (non-hydrogen) atoms. The Kier molecular flexibility index (Phi) is 2.62. The van der Waals surface area contributed by atoms with Gasteiger partial charge in [-0.15, -0.1) is 0 Å². The van der Waals surface area contributed by atoms with Gasteiger partial charge in [-0.2, -0.15) is 0 Å². The monoisotopic (exact) mass is 241 g/mol. The molecule has 2 aromatic rings. The van der Waals surface area contributed by atoms with Crippen LogP contribution in [0.25, 0.3) is 11.3 Å². The van der Waals surface area contributed by atoms with Crippen LogP contribution in [0, 0.1) is 5.41 Å². The van der Waals surface area contributed by atoms with E-state index >= 15 is 0 Å². The van der Waals surface area contributed by atoms with Crippen LogP contribution in [0.1, 0.15) is 26.7 Å². The first-order valence-corrected chi connectivity index (χ1v) is 6.53. The van der Waals surface area contributed by atoms with Crippen LogP contribution in [-0.4, -0.2) is 16.0 Å². The minimum atomic E-state index is 0.502. The average molecular weight is 241 g/mol. The molecule has 0 amide bonds. The molecule has 1 aliphatic rings. The summed E-state index contributed by atoms with van der Waals surface area (Å²) in [6.07, 6.45) is 6.23. The van der Waals surface area contributed by atoms with Crippen molar-refractivity contribution in [1.82, 2.24) is 9.97 Å². The largest absolute Gasteiger partial charge is 0.382 e. The highest BCUT2D eigenvalue weighted by Gasteiger charge is 2.42. The van der Waals surface area contributed by atoms with Crippen LogP contribution in [0.15, 0.2) is 36.8 Å². The van der Waals surface area contributed by atoms with Crippen molar-refractivity contribution in [3.05, 3.63) is 36.8 Å². The van der Waals surface area contributed by atoms with Gasteiger partial charge in [-0.25, -0.2) is 4.98 Å². The SMILES string of the molecule is CC(Nc1ccc(-c2cnc[nH]2)cc1)C1(C)CC1. The van der Waals surface area contributed by atoms with E-state index in [1.54, 1.807) is 6.33 Å². The van der Waals surface area contributed by atoms with Gasteiger partial charge in [0.05, 0.1) is 18.2 Å². The van der Waals surface area contributed by atoms with Crippen molar-refractivity contribution < 1.29 is 0 Å². The molecule has 1 aromatic heterocycles. The molecule has 0 radical (unpaired) electrons. The second kappa shape index (κ2) is 4.16. The molecule has 1 atom stereocenters. The second-order valence-electron chi connectivity index (χ2n) is 5.56. The van der Waals surface area contributed by atoms with E-state index in [-0.39, 0.29) is 0 Å². The highest BCUT2D eigenvalue weighted by Crippen LogP contribution is 2.48. The lowest BCUT2D eigenvalue weighted by molar-refractivity contribution is 0.493. The van der Waals surface area contributed by atoms with Gasteiger partial charge in [0.25, 0.3) is 0 Å². The molecule has 0 bridgehead atoms. The third-order valence-corrected chi connectivity index (χ3v) is 4.16. The van der Waals surface area contributed by atoms with E-state index in [1.807, 2.05) is 6.20 Å². The number of rotatable bonds is 4. The number of nitrogens with one attached hydrogen (secondary N) is 2. The fourth-order valence-corrected chi connectivity index (χ4v) is 2.21. The van der Waals surface area contributed by atoms with Crippen molar-refractivity contribution in [2.75, 3.05) is 5.32 Å². The molecule has 1 fully saturated rings. The molecule has 3 rings (SSSR count). The first-order chi connectivity index (χ1) is 8.67. The minimum Gasteiger partial charge on any atom is -0.382 e. The normalized spacial score (nSPS) is 18.3. The van der Waals surface area contributed by atoms with Crippen LogP contribution in [0.4, 0.5) is 5.69 Å². The first-order valence-electron chi connectivity index (χ1n) is 6.53. The van der Waals surface area contributed by atoms with Gasteiger partial charge in [0.15, 0.2) is 0 Å². The molecule has 1 aromatic carbocycles. The van der Waals surface area contributed by atoms with Crippen molar-refractivity contribution in [3.63, 3.8) is 0 Å². The number of aromatic amines is 1. The molecule has 1 aliphatic carbocycles. The van der Waals surface area contributed by atoms with Gasteiger partial charge in [0.2, 0.25) is 0 Å². The van der Waals surface area contributed by atoms with Gasteiger partial charge >= 0.3 is 0 Å². The van der Waals surface area contributed by atoms with Crippen molar-refractivity contribution in [2.24, 2.45) is 5.41 Å². The molecule has 0 saturated heterocycles. The Morgan fingerprint density at radius 3 is 2.56 bits per heavy atom. The van der Waals surface area contributed by atoms with Gasteiger partial charge in [0.1, 0.15) is 0 Å². The smallest absolute Gasteiger partial charge is 0.0924 e. The molecule has 3 heteroatoms. The number of aromatic nitrogens is 2. The Morgan fingerprint density at radius 1 is 1.28 bits per heavy atom. The quantitative estimate of drug-likeness (QED) is 0.857. The fourth-order valence-electron chi connectivity index (χ4n) is 2.21. The summed E-state index contributed by atoms with van der Waals surface area (Å²) in [5, 5.41) is 3.59. The number of nitrogens with zero attached hydrogens (tertiary/aromatic N) is 1. The Labute approximate surface area is 108 Å². The van der Waals surface area contributed by atoms with Gasteiger partial charge < -0.3 is 10.3 Å². The Morgan fingerprint density at radius 2 is 2.00 bits per heavy atom. The number of imidazole rings is 1. The lowest BCUT2D eigenvalue weighted by Crippen LogP contribution is -2.24. The second-order valence-corrected chi connectivity index (χ2v) is 5.56. The summed E-state index contributed by atoms with van der Waals surface area (Å²) in [4.78, 5) is 7.16. The Balaban J connectivity index is 1.71. The molecule has 3 nitrogen and oxygen atoms in total. The van der Waals surface area contributed by atoms with Gasteiger partial charge in [-0.05, 0) is 42.9 Å². The summed E-state index contributed by atoms with van der Waals surface area (Å²) in [6.45, 7) is 4.62. The number of benzene rings is 1. The summed E-state index contributed by atoms with van der Waals surface area (Å²) in [7, 11) is 0. The van der Waals surface area contributed by atoms with Crippen molar-refractivity contribution in [1.29, 1.82) is 0 Å². The standard InChI is InChI=1S/C15H19N3/c1-11(15(2)7-8-15)18-13-5-3-12(4-6-13)14-9-16-10-17-14/h3-6,9-11,18H,7-8H2,1-2H3,(H,16,17). The molecular formula is C15H19N3. The van der Waals surface area contributed by atoms with Crippen LogP contribution in [-0.2, 0) is 0 Å². The zero-order chi connectivity index (χ0) is 12.6. The summed E-state index contributed by atoms with van der Waals surface area (Å²) in [5.74, 6) is 0. The molecule has 1 heterocycles. The van der Waals surface area contributed by atoms with E-state index in [1.165, 1.54) is 24.1 Å². The highest BCUT2D eigenvalue weighted by atomic mass is 14.9. The van der Waals surface area contributed by atoms with Gasteiger partial charge in [-0.3, -0.25) is 0 Å². The van der Waals surface area contributed by atoms with E-state index in [0.717, 1.165) is 5.69 Å². The maximum Gasteiger partial charge on any atom is 0.0924 e. The van der Waals surface area contributed by atoms with Crippen LogP contribution in [0.2, 0.25) is 0 Å². The predicted octanol–water partition coefficient (Wildman–Crippen LogP) is 3.68. The number of H-pyrrole nitrogens is 1. The summed E-state index contributed by atoms with van der Waals surface area (Å²) < 4.78 is 0. The van der Waals surface area contributed by atoms with Crippen LogP contribution in [0.3, 0.4) is 0 Å². The van der Waals surface area contributed by atoms with Crippen molar-refractivity contribution >= 4 is 5.69 Å². The van der Waals surface area contributed by atoms with Crippen LogP contribution < -0.4 is 5.32 Å². The number of hydrogen-bond donors (Lipinski definition) is 2. The van der Waals surface area contributed by atoms with Crippen molar-refractivity contribution in [2.45, 2.75) is 32.7 Å². The van der Waals surface area contributed by atoms with Gasteiger partial charge in [-0.1, -0.05) is 19.1 Å². The molecule has 1 unspecified atom stereocenters. The molecule has 0 aliphatic heterocycles. The lowest BCUT2D eigenvalue weighted by Gasteiger charge is -2.21. The number of anilines is 1. The highest BCUT2D eigenvalue weighted by molar-refractivity contribution is 5.62. The third-order valence-electron chi connectivity index (χ3n) is 4.16. The van der Waals surface area contributed by atoms with E-state index in [2.05, 4.69) is 53.4 Å². The van der Waals surface area contributed by atoms with Crippen LogP contribution in [0.5, 0.6) is 0 Å². The van der Waals surface area contributed by atoms with Gasteiger partial charge in [0, 0.05) is 11.7 Å². The molecule has 94 valence electrons. The molecule has 2 N–H and O–H groups in total. The molecule has 1 saturated carbocycles. The fraction of sp³-hybridized carbons (Fsp3) is 0.400. The summed E-state index contributed by atoms with van der Waals surface area (Å²) >= 11 is 0. The maximum absolute atomic E-state index is 4.04. The molecule has 0 spiro atoms. The first kappa shape index (κ1) is 11.3. The van der Waals surface area contributed by atoms with E-state index < -0.39 is 0 Å². The lowest BCUT2D eigenvalue weighted by atomic mass is 10.0. The van der Waals surface area contributed by atoms with Crippen molar-refractivity contribution in [3.8, 4) is 11.3 Å². The average Bonchev–Trinajstić information content (AvgIpc) is 2.94. The van der Waals surface area contributed by atoms with E-state index in [0.29, 0.717) is 11.5 Å². The number of hydrogen-bond acceptors (Lipinski definition) is 2. The van der Waals surface area contributed by atoms with E-state index in [9.17, 15) is 0 Å². The Hall–Kier alpha value is -1.77. The Bertz CT molecular complexity index is 509. The predicted molar refractivity (Wildman–Crippen MR) is 74.4 cm³/mol. The maximum atomic E-state index is 4.04. The topological polar surface area (TPSA) is 40.7 Å². The molecular weight excluding hydrogens is 222 g/mol. The zero-order valence-corrected chi connectivity index (χ0v) is 10.9. The third kappa shape index (κ3) is 2.13. The summed E-state index contributed by atoms with van der Waals surface area (Å²) in [5.41, 5.74) is 3.92. The van der Waals surface area contributed by atoms with E-state index in [4.69, 9.17) is 0 Å². The minimum absolute atomic E-state index is 0.502. The summed E-state index contributed by atoms with van der Waals surface area (Å²) in [6, 6.07) is 9.06. The van der Waals surface area contributed by atoms with Crippen LogP contribution >= 0.6 is 0 Å².